The second-order valence-electron chi connectivity index (χ2n) is 4.93. The fourth-order valence-electron chi connectivity index (χ4n) is 2.33. The number of carboxylic acids is 1. The summed E-state index contributed by atoms with van der Waals surface area (Å²) in [6.07, 6.45) is 0. The van der Waals surface area contributed by atoms with Crippen molar-refractivity contribution in [1.29, 1.82) is 0 Å². The van der Waals surface area contributed by atoms with Gasteiger partial charge < -0.3 is 25.3 Å². The lowest BCUT2D eigenvalue weighted by Crippen LogP contribution is -2.32. The van der Waals surface area contributed by atoms with Crippen molar-refractivity contribution in [1.82, 2.24) is 0 Å². The van der Waals surface area contributed by atoms with Crippen LogP contribution < -0.4 is 4.90 Å². The zero-order valence-electron chi connectivity index (χ0n) is 12.0. The van der Waals surface area contributed by atoms with E-state index in [-0.39, 0.29) is 23.8 Å². The fourth-order valence-corrected chi connectivity index (χ4v) is 2.33. The lowest BCUT2D eigenvalue weighted by molar-refractivity contribution is -0.135. The summed E-state index contributed by atoms with van der Waals surface area (Å²) in [5, 5.41) is 38.6. The van der Waals surface area contributed by atoms with Gasteiger partial charge in [-0.3, -0.25) is 4.79 Å². The molecule has 0 aromatic heterocycles. The van der Waals surface area contributed by atoms with Gasteiger partial charge in [0.1, 0.15) is 23.8 Å². The molecule has 0 spiro atoms. The molecule has 0 aliphatic carbocycles. The Labute approximate surface area is 127 Å². The van der Waals surface area contributed by atoms with Gasteiger partial charge in [0.05, 0.1) is 11.7 Å². The van der Waals surface area contributed by atoms with Gasteiger partial charge in [-0.25, -0.2) is 0 Å². The van der Waals surface area contributed by atoms with E-state index in [0.29, 0.717) is 11.3 Å². The maximum absolute atomic E-state index is 11.1. The average molecular weight is 303 g/mol. The Balaban J connectivity index is 2.47. The maximum atomic E-state index is 11.1. The molecule has 0 heterocycles. The first-order valence-corrected chi connectivity index (χ1v) is 6.68. The molecular weight excluding hydrogens is 286 g/mol. The lowest BCUT2D eigenvalue weighted by atomic mass is 10.0. The van der Waals surface area contributed by atoms with Gasteiger partial charge in [-0.1, -0.05) is 12.1 Å². The summed E-state index contributed by atoms with van der Waals surface area (Å²) in [7, 11) is 0. The normalized spacial score (nSPS) is 11.9. The molecule has 0 bridgehead atoms. The molecule has 0 saturated carbocycles. The van der Waals surface area contributed by atoms with Gasteiger partial charge >= 0.3 is 5.97 Å². The SMILES string of the molecule is CC(c1cc(O)ccc1O)N(CC(=O)O)c1ccccc1O. The summed E-state index contributed by atoms with van der Waals surface area (Å²) in [6, 6.07) is 9.84. The molecule has 4 N–H and O–H groups in total. The Morgan fingerprint density at radius 2 is 1.77 bits per heavy atom. The number of hydrogen-bond acceptors (Lipinski definition) is 5. The number of phenols is 3. The molecule has 0 saturated heterocycles. The lowest BCUT2D eigenvalue weighted by Gasteiger charge is -2.31. The summed E-state index contributed by atoms with van der Waals surface area (Å²) < 4.78 is 0. The van der Waals surface area contributed by atoms with Crippen molar-refractivity contribution < 1.29 is 25.2 Å². The largest absolute Gasteiger partial charge is 0.508 e. The van der Waals surface area contributed by atoms with Crippen LogP contribution in [0.3, 0.4) is 0 Å². The van der Waals surface area contributed by atoms with Crippen LogP contribution >= 0.6 is 0 Å². The van der Waals surface area contributed by atoms with Crippen molar-refractivity contribution >= 4 is 11.7 Å². The van der Waals surface area contributed by atoms with E-state index in [9.17, 15) is 20.1 Å². The van der Waals surface area contributed by atoms with Gasteiger partial charge in [0, 0.05) is 5.56 Å². The highest BCUT2D eigenvalue weighted by Crippen LogP contribution is 2.37. The molecule has 2 aromatic carbocycles. The minimum absolute atomic E-state index is 0.0350. The van der Waals surface area contributed by atoms with Gasteiger partial charge in [0.15, 0.2) is 0 Å². The minimum atomic E-state index is -1.07. The fraction of sp³-hybridized carbons (Fsp3) is 0.188. The topological polar surface area (TPSA) is 101 Å². The predicted molar refractivity (Wildman–Crippen MR) is 81.3 cm³/mol. The minimum Gasteiger partial charge on any atom is -0.508 e. The summed E-state index contributed by atoms with van der Waals surface area (Å²) in [5.74, 6) is -1.23. The van der Waals surface area contributed by atoms with Crippen molar-refractivity contribution in [3.8, 4) is 17.2 Å². The van der Waals surface area contributed by atoms with Crippen LogP contribution in [0.2, 0.25) is 0 Å². The van der Waals surface area contributed by atoms with E-state index in [0.717, 1.165) is 0 Å². The van der Waals surface area contributed by atoms with Crippen LogP contribution in [0.15, 0.2) is 42.5 Å². The second-order valence-corrected chi connectivity index (χ2v) is 4.93. The van der Waals surface area contributed by atoms with Gasteiger partial charge in [-0.2, -0.15) is 0 Å². The number of carboxylic acid groups (broad SMARTS) is 1. The number of para-hydroxylation sites is 2. The zero-order valence-corrected chi connectivity index (χ0v) is 12.0. The summed E-state index contributed by atoms with van der Waals surface area (Å²) in [4.78, 5) is 12.6. The number of hydrogen-bond donors (Lipinski definition) is 4. The predicted octanol–water partition coefficient (Wildman–Crippen LogP) is 2.46. The highest BCUT2D eigenvalue weighted by Gasteiger charge is 2.23. The third-order valence-corrected chi connectivity index (χ3v) is 3.43. The molecule has 6 nitrogen and oxygen atoms in total. The van der Waals surface area contributed by atoms with Crippen LogP contribution in [0, 0.1) is 0 Å². The highest BCUT2D eigenvalue weighted by atomic mass is 16.4. The van der Waals surface area contributed by atoms with Gasteiger partial charge in [-0.15, -0.1) is 0 Å². The van der Waals surface area contributed by atoms with Crippen LogP contribution in [0.1, 0.15) is 18.5 Å². The Kier molecular flexibility index (Phi) is 4.41. The van der Waals surface area contributed by atoms with E-state index in [1.165, 1.54) is 29.2 Å². The molecule has 0 amide bonds. The van der Waals surface area contributed by atoms with Crippen LogP contribution in [0.5, 0.6) is 17.2 Å². The van der Waals surface area contributed by atoms with E-state index in [4.69, 9.17) is 5.11 Å². The van der Waals surface area contributed by atoms with E-state index in [2.05, 4.69) is 0 Å². The first kappa shape index (κ1) is 15.5. The van der Waals surface area contributed by atoms with Crippen molar-refractivity contribution in [2.45, 2.75) is 13.0 Å². The van der Waals surface area contributed by atoms with Gasteiger partial charge in [0.25, 0.3) is 0 Å². The van der Waals surface area contributed by atoms with E-state index < -0.39 is 12.0 Å². The van der Waals surface area contributed by atoms with Crippen LogP contribution in [-0.2, 0) is 4.79 Å². The number of phenolic OH excluding ortho intramolecular Hbond substituents is 3. The number of aliphatic carboxylic acids is 1. The molecule has 2 aromatic rings. The molecule has 1 unspecified atom stereocenters. The van der Waals surface area contributed by atoms with Crippen LogP contribution in [-0.4, -0.2) is 32.9 Å². The van der Waals surface area contributed by atoms with Crippen LogP contribution in [0.4, 0.5) is 5.69 Å². The molecule has 0 radical (unpaired) electrons. The monoisotopic (exact) mass is 303 g/mol. The van der Waals surface area contributed by atoms with E-state index >= 15 is 0 Å². The Hall–Kier alpha value is -2.89. The Morgan fingerprint density at radius 3 is 2.41 bits per heavy atom. The number of anilines is 1. The first-order chi connectivity index (χ1) is 10.4. The molecular formula is C16H17NO5. The second kappa shape index (κ2) is 6.26. The first-order valence-electron chi connectivity index (χ1n) is 6.68. The summed E-state index contributed by atoms with van der Waals surface area (Å²) in [5.41, 5.74) is 0.699. The molecule has 1 atom stereocenters. The third-order valence-electron chi connectivity index (χ3n) is 3.43. The van der Waals surface area contributed by atoms with Crippen molar-refractivity contribution in [3.63, 3.8) is 0 Å². The molecule has 2 rings (SSSR count). The smallest absolute Gasteiger partial charge is 0.323 e. The third kappa shape index (κ3) is 3.22. The number of carbonyl (C=O) groups is 1. The molecule has 116 valence electrons. The molecule has 6 heteroatoms. The van der Waals surface area contributed by atoms with E-state index in [1.54, 1.807) is 25.1 Å². The van der Waals surface area contributed by atoms with Gasteiger partial charge in [0.2, 0.25) is 0 Å². The van der Waals surface area contributed by atoms with Crippen molar-refractivity contribution in [2.24, 2.45) is 0 Å². The highest BCUT2D eigenvalue weighted by molar-refractivity contribution is 5.75. The molecule has 0 fully saturated rings. The number of nitrogens with zero attached hydrogens (tertiary/aromatic N) is 1. The standard InChI is InChI=1S/C16H17NO5/c1-10(12-8-11(18)6-7-14(12)19)17(9-16(21)22)13-4-2-3-5-15(13)20/h2-8,10,18-20H,9H2,1H3,(H,21,22). The summed E-state index contributed by atoms with van der Waals surface area (Å²) >= 11 is 0. The maximum Gasteiger partial charge on any atom is 0.323 e. The average Bonchev–Trinajstić information content (AvgIpc) is 2.47. The number of aromatic hydroxyl groups is 3. The van der Waals surface area contributed by atoms with Crippen molar-refractivity contribution in [2.75, 3.05) is 11.4 Å². The van der Waals surface area contributed by atoms with Gasteiger partial charge in [-0.05, 0) is 37.3 Å². The Bertz CT molecular complexity index is 686. The Morgan fingerprint density at radius 1 is 1.09 bits per heavy atom. The molecule has 0 aliphatic heterocycles. The van der Waals surface area contributed by atoms with Crippen LogP contribution in [0.25, 0.3) is 0 Å². The molecule has 0 aliphatic rings. The van der Waals surface area contributed by atoms with E-state index in [1.807, 2.05) is 0 Å². The molecule has 22 heavy (non-hydrogen) atoms. The quantitative estimate of drug-likeness (QED) is 0.633. The number of rotatable bonds is 5. The number of benzene rings is 2. The zero-order chi connectivity index (χ0) is 16.3. The van der Waals surface area contributed by atoms with Crippen molar-refractivity contribution in [3.05, 3.63) is 48.0 Å². The summed E-state index contributed by atoms with van der Waals surface area (Å²) in [6.45, 7) is 1.32.